The summed E-state index contributed by atoms with van der Waals surface area (Å²) in [5.41, 5.74) is -0.548. The summed E-state index contributed by atoms with van der Waals surface area (Å²) in [6.45, 7) is 0. The normalized spacial score (nSPS) is 17.7. The summed E-state index contributed by atoms with van der Waals surface area (Å²) in [6, 6.07) is 5.98. The van der Waals surface area contributed by atoms with E-state index in [0.717, 1.165) is 19.3 Å². The first-order valence-corrected chi connectivity index (χ1v) is 6.29. The van der Waals surface area contributed by atoms with Crippen molar-refractivity contribution < 1.29 is 14.8 Å². The highest BCUT2D eigenvalue weighted by atomic mass is 16.6. The Morgan fingerprint density at radius 2 is 2.00 bits per heavy atom. The number of benzene rings is 1. The minimum atomic E-state index is -0.993. The Hall–Kier alpha value is -2.11. The van der Waals surface area contributed by atoms with Crippen molar-refractivity contribution in [1.82, 2.24) is 0 Å². The van der Waals surface area contributed by atoms with Gasteiger partial charge in [0, 0.05) is 17.8 Å². The molecule has 2 rings (SSSR count). The highest BCUT2D eigenvalue weighted by Crippen LogP contribution is 2.32. The van der Waals surface area contributed by atoms with Gasteiger partial charge in [-0.1, -0.05) is 25.3 Å². The fourth-order valence-electron chi connectivity index (χ4n) is 2.52. The summed E-state index contributed by atoms with van der Waals surface area (Å²) < 4.78 is 0. The molecule has 102 valence electrons. The smallest absolute Gasteiger partial charge is 0.329 e. The first-order valence-electron chi connectivity index (χ1n) is 6.29. The van der Waals surface area contributed by atoms with Crippen molar-refractivity contribution in [3.63, 3.8) is 0 Å². The van der Waals surface area contributed by atoms with Crippen LogP contribution in [-0.4, -0.2) is 21.5 Å². The monoisotopic (exact) mass is 264 g/mol. The van der Waals surface area contributed by atoms with E-state index in [4.69, 9.17) is 0 Å². The molecule has 0 aliphatic heterocycles. The molecule has 19 heavy (non-hydrogen) atoms. The van der Waals surface area contributed by atoms with Crippen LogP contribution in [0.3, 0.4) is 0 Å². The highest BCUT2D eigenvalue weighted by molar-refractivity contribution is 5.83. The first kappa shape index (κ1) is 13.3. The highest BCUT2D eigenvalue weighted by Gasteiger charge is 2.39. The first-order chi connectivity index (χ1) is 9.03. The van der Waals surface area contributed by atoms with E-state index in [2.05, 4.69) is 5.32 Å². The average molecular weight is 264 g/mol. The van der Waals surface area contributed by atoms with Crippen molar-refractivity contribution in [1.29, 1.82) is 0 Å². The standard InChI is InChI=1S/C13H16N2O4/c16-12(17)13(7-2-1-3-8-13)14-10-5-4-6-11(9-10)15(18)19/h4-6,9,14H,1-3,7-8H2,(H,16,17). The topological polar surface area (TPSA) is 92.5 Å². The third kappa shape index (κ3) is 2.83. The number of rotatable bonds is 4. The second-order valence-corrected chi connectivity index (χ2v) is 4.88. The molecule has 6 nitrogen and oxygen atoms in total. The summed E-state index contributed by atoms with van der Waals surface area (Å²) in [7, 11) is 0. The van der Waals surface area contributed by atoms with Crippen molar-refractivity contribution in [3.8, 4) is 0 Å². The Morgan fingerprint density at radius 3 is 2.58 bits per heavy atom. The van der Waals surface area contributed by atoms with Gasteiger partial charge in [-0.2, -0.15) is 0 Å². The Balaban J connectivity index is 2.24. The zero-order valence-electron chi connectivity index (χ0n) is 10.5. The van der Waals surface area contributed by atoms with E-state index in [-0.39, 0.29) is 5.69 Å². The van der Waals surface area contributed by atoms with Gasteiger partial charge in [-0.15, -0.1) is 0 Å². The van der Waals surface area contributed by atoms with E-state index >= 15 is 0 Å². The molecular formula is C13H16N2O4. The lowest BCUT2D eigenvalue weighted by atomic mass is 9.81. The van der Waals surface area contributed by atoms with Gasteiger partial charge in [0.2, 0.25) is 0 Å². The van der Waals surface area contributed by atoms with Crippen molar-refractivity contribution in [2.24, 2.45) is 0 Å². The minimum Gasteiger partial charge on any atom is -0.480 e. The van der Waals surface area contributed by atoms with Crippen LogP contribution in [0, 0.1) is 10.1 Å². The lowest BCUT2D eigenvalue weighted by Crippen LogP contribution is -2.47. The summed E-state index contributed by atoms with van der Waals surface area (Å²) in [5, 5.41) is 23.1. The predicted molar refractivity (Wildman–Crippen MR) is 70.2 cm³/mol. The van der Waals surface area contributed by atoms with Gasteiger partial charge in [0.05, 0.1) is 4.92 Å². The maximum atomic E-state index is 11.5. The van der Waals surface area contributed by atoms with Crippen LogP contribution in [0.5, 0.6) is 0 Å². The number of hydrogen-bond donors (Lipinski definition) is 2. The van der Waals surface area contributed by atoms with Crippen molar-refractivity contribution in [3.05, 3.63) is 34.4 Å². The second kappa shape index (κ2) is 5.26. The van der Waals surface area contributed by atoms with Crippen LogP contribution in [0.2, 0.25) is 0 Å². The van der Waals surface area contributed by atoms with E-state index in [1.54, 1.807) is 12.1 Å². The molecule has 2 N–H and O–H groups in total. The van der Waals surface area contributed by atoms with Crippen LogP contribution in [0.15, 0.2) is 24.3 Å². The lowest BCUT2D eigenvalue weighted by Gasteiger charge is -2.34. The molecule has 0 spiro atoms. The van der Waals surface area contributed by atoms with Crippen LogP contribution < -0.4 is 5.32 Å². The van der Waals surface area contributed by atoms with Gasteiger partial charge >= 0.3 is 5.97 Å². The van der Waals surface area contributed by atoms with Gasteiger partial charge < -0.3 is 10.4 Å². The van der Waals surface area contributed by atoms with Crippen LogP contribution in [0.1, 0.15) is 32.1 Å². The zero-order valence-corrected chi connectivity index (χ0v) is 10.5. The summed E-state index contributed by atoms with van der Waals surface area (Å²) in [4.78, 5) is 21.7. The van der Waals surface area contributed by atoms with E-state index < -0.39 is 16.4 Å². The van der Waals surface area contributed by atoms with Gasteiger partial charge in [-0.25, -0.2) is 4.79 Å². The Bertz CT molecular complexity index is 495. The fourth-order valence-corrected chi connectivity index (χ4v) is 2.52. The summed E-state index contributed by atoms with van der Waals surface area (Å²) in [5.74, 6) is -0.890. The van der Waals surface area contributed by atoms with Crippen LogP contribution in [-0.2, 0) is 4.79 Å². The third-order valence-corrected chi connectivity index (χ3v) is 3.56. The molecule has 0 radical (unpaired) electrons. The van der Waals surface area contributed by atoms with Crippen LogP contribution >= 0.6 is 0 Å². The zero-order chi connectivity index (χ0) is 13.9. The molecule has 1 aliphatic carbocycles. The molecule has 0 saturated heterocycles. The number of nitrogens with zero attached hydrogens (tertiary/aromatic N) is 1. The number of anilines is 1. The minimum absolute atomic E-state index is 0.0404. The quantitative estimate of drug-likeness (QED) is 0.644. The number of nitro groups is 1. The second-order valence-electron chi connectivity index (χ2n) is 4.88. The van der Waals surface area contributed by atoms with Gasteiger partial charge in [0.25, 0.3) is 5.69 Å². The van der Waals surface area contributed by atoms with Crippen LogP contribution in [0.25, 0.3) is 0 Å². The Kier molecular flexibility index (Phi) is 3.69. The summed E-state index contributed by atoms with van der Waals surface area (Å²) >= 11 is 0. The molecule has 1 saturated carbocycles. The summed E-state index contributed by atoms with van der Waals surface area (Å²) in [6.07, 6.45) is 3.84. The number of carboxylic acid groups (broad SMARTS) is 1. The number of aliphatic carboxylic acids is 1. The Labute approximate surface area is 110 Å². The number of non-ortho nitro benzene ring substituents is 1. The lowest BCUT2D eigenvalue weighted by molar-refractivity contribution is -0.384. The molecule has 0 amide bonds. The number of carbonyl (C=O) groups is 1. The maximum Gasteiger partial charge on any atom is 0.329 e. The molecule has 0 atom stereocenters. The molecule has 1 aromatic carbocycles. The van der Waals surface area contributed by atoms with Gasteiger partial charge in [-0.3, -0.25) is 10.1 Å². The molecule has 6 heteroatoms. The molecule has 1 aromatic rings. The molecule has 0 bridgehead atoms. The maximum absolute atomic E-state index is 11.5. The number of nitro benzene ring substituents is 1. The van der Waals surface area contributed by atoms with E-state index in [0.29, 0.717) is 18.5 Å². The van der Waals surface area contributed by atoms with E-state index in [1.807, 2.05) is 0 Å². The van der Waals surface area contributed by atoms with Gasteiger partial charge in [0.1, 0.15) is 5.54 Å². The SMILES string of the molecule is O=C(O)C1(Nc2cccc([N+](=O)[O-])c2)CCCCC1. The van der Waals surface area contributed by atoms with Crippen molar-refractivity contribution in [2.75, 3.05) is 5.32 Å². The molecule has 1 aliphatic rings. The van der Waals surface area contributed by atoms with Gasteiger partial charge in [-0.05, 0) is 18.9 Å². The van der Waals surface area contributed by atoms with Crippen molar-refractivity contribution >= 4 is 17.3 Å². The number of hydrogen-bond acceptors (Lipinski definition) is 4. The number of nitrogens with one attached hydrogen (secondary N) is 1. The predicted octanol–water partition coefficient (Wildman–Crippen LogP) is 2.79. The molecule has 0 unspecified atom stereocenters. The molecule has 0 aromatic heterocycles. The molecular weight excluding hydrogens is 248 g/mol. The fraction of sp³-hybridized carbons (Fsp3) is 0.462. The third-order valence-electron chi connectivity index (χ3n) is 3.56. The van der Waals surface area contributed by atoms with Crippen LogP contribution in [0.4, 0.5) is 11.4 Å². The molecule has 0 heterocycles. The van der Waals surface area contributed by atoms with E-state index in [9.17, 15) is 20.0 Å². The number of carboxylic acids is 1. The average Bonchev–Trinajstić information content (AvgIpc) is 2.40. The van der Waals surface area contributed by atoms with Crippen molar-refractivity contribution in [2.45, 2.75) is 37.6 Å². The molecule has 1 fully saturated rings. The van der Waals surface area contributed by atoms with E-state index in [1.165, 1.54) is 12.1 Å². The Morgan fingerprint density at radius 1 is 1.32 bits per heavy atom. The largest absolute Gasteiger partial charge is 0.480 e. The van der Waals surface area contributed by atoms with Gasteiger partial charge in [0.15, 0.2) is 0 Å².